The van der Waals surface area contributed by atoms with Crippen LogP contribution in [0, 0.1) is 5.92 Å². The molecule has 2 N–H and O–H groups in total. The van der Waals surface area contributed by atoms with Crippen LogP contribution in [0.1, 0.15) is 44.7 Å². The molecule has 4 heteroatoms. The highest BCUT2D eigenvalue weighted by molar-refractivity contribution is 5.85. The number of rotatable bonds is 3. The summed E-state index contributed by atoms with van der Waals surface area (Å²) in [6, 6.07) is 10.0. The van der Waals surface area contributed by atoms with Gasteiger partial charge in [-0.05, 0) is 31.7 Å². The van der Waals surface area contributed by atoms with E-state index in [1.54, 1.807) is 0 Å². The molecular formula is C16H25ClN2O. The van der Waals surface area contributed by atoms with E-state index >= 15 is 0 Å². The van der Waals surface area contributed by atoms with Gasteiger partial charge in [0.2, 0.25) is 5.91 Å². The summed E-state index contributed by atoms with van der Waals surface area (Å²) in [6.07, 6.45) is 3.45. The number of benzene rings is 1. The van der Waals surface area contributed by atoms with Crippen LogP contribution in [0.25, 0.3) is 0 Å². The lowest BCUT2D eigenvalue weighted by molar-refractivity contribution is -0.139. The van der Waals surface area contributed by atoms with Crippen LogP contribution < -0.4 is 5.73 Å². The van der Waals surface area contributed by atoms with Gasteiger partial charge >= 0.3 is 0 Å². The predicted octanol–water partition coefficient (Wildman–Crippen LogP) is 3.15. The molecular weight excluding hydrogens is 272 g/mol. The Balaban J connectivity index is 0.00000200. The Hall–Kier alpha value is -1.06. The van der Waals surface area contributed by atoms with Gasteiger partial charge in [0.1, 0.15) is 0 Å². The molecule has 1 aromatic carbocycles. The van der Waals surface area contributed by atoms with E-state index in [-0.39, 0.29) is 30.3 Å². The second-order valence-corrected chi connectivity index (χ2v) is 5.60. The van der Waals surface area contributed by atoms with Crippen LogP contribution in [0.4, 0.5) is 0 Å². The maximum atomic E-state index is 12.6. The lowest BCUT2D eigenvalue weighted by Crippen LogP contribution is -2.46. The van der Waals surface area contributed by atoms with Crippen molar-refractivity contribution in [3.05, 3.63) is 35.9 Å². The third kappa shape index (κ3) is 3.74. The quantitative estimate of drug-likeness (QED) is 0.931. The van der Waals surface area contributed by atoms with Gasteiger partial charge in [0.05, 0.1) is 5.92 Å². The van der Waals surface area contributed by atoms with Crippen molar-refractivity contribution in [3.63, 3.8) is 0 Å². The van der Waals surface area contributed by atoms with Gasteiger partial charge in [-0.2, -0.15) is 0 Å². The van der Waals surface area contributed by atoms with Crippen LogP contribution in [0.15, 0.2) is 30.3 Å². The zero-order valence-corrected chi connectivity index (χ0v) is 13.1. The van der Waals surface area contributed by atoms with Crippen molar-refractivity contribution in [1.82, 2.24) is 4.90 Å². The van der Waals surface area contributed by atoms with Gasteiger partial charge in [-0.25, -0.2) is 0 Å². The first-order chi connectivity index (χ1) is 9.11. The Morgan fingerprint density at radius 2 is 1.95 bits per heavy atom. The molecule has 1 aliphatic heterocycles. The molecule has 3 nitrogen and oxygen atoms in total. The molecule has 3 atom stereocenters. The second-order valence-electron chi connectivity index (χ2n) is 5.60. The van der Waals surface area contributed by atoms with Crippen molar-refractivity contribution in [2.75, 3.05) is 6.54 Å². The predicted molar refractivity (Wildman–Crippen MR) is 84.8 cm³/mol. The summed E-state index contributed by atoms with van der Waals surface area (Å²) >= 11 is 0. The topological polar surface area (TPSA) is 46.3 Å². The molecule has 1 heterocycles. The Morgan fingerprint density at radius 1 is 1.30 bits per heavy atom. The number of hydrogen-bond donors (Lipinski definition) is 1. The third-order valence-corrected chi connectivity index (χ3v) is 4.20. The maximum absolute atomic E-state index is 12.6. The summed E-state index contributed by atoms with van der Waals surface area (Å²) in [6.45, 7) is 4.96. The molecule has 1 amide bonds. The van der Waals surface area contributed by atoms with E-state index < -0.39 is 0 Å². The highest BCUT2D eigenvalue weighted by Crippen LogP contribution is 2.25. The normalized spacial score (nSPS) is 21.8. The average Bonchev–Trinajstić information content (AvgIpc) is 2.46. The van der Waals surface area contributed by atoms with E-state index in [1.807, 2.05) is 42.2 Å². The SMILES string of the molecule is CC(C(=O)N1CCCCC1C)C(N)c1ccccc1.Cl. The molecule has 0 aromatic heterocycles. The number of carbonyl (C=O) groups excluding carboxylic acids is 1. The molecule has 1 aromatic rings. The zero-order chi connectivity index (χ0) is 13.8. The molecule has 1 saturated heterocycles. The number of likely N-dealkylation sites (tertiary alicyclic amines) is 1. The summed E-state index contributed by atoms with van der Waals surface area (Å²) in [5.41, 5.74) is 7.28. The molecule has 0 saturated carbocycles. The summed E-state index contributed by atoms with van der Waals surface area (Å²) in [5.74, 6) is 0.0338. The molecule has 1 fully saturated rings. The van der Waals surface area contributed by atoms with Crippen LogP contribution >= 0.6 is 12.4 Å². The molecule has 20 heavy (non-hydrogen) atoms. The lowest BCUT2D eigenvalue weighted by Gasteiger charge is -2.36. The highest BCUT2D eigenvalue weighted by Gasteiger charge is 2.30. The maximum Gasteiger partial charge on any atom is 0.227 e. The van der Waals surface area contributed by atoms with Gasteiger partial charge in [0.15, 0.2) is 0 Å². The molecule has 0 bridgehead atoms. The zero-order valence-electron chi connectivity index (χ0n) is 12.3. The summed E-state index contributed by atoms with van der Waals surface area (Å²) in [5, 5.41) is 0. The van der Waals surface area contributed by atoms with E-state index in [2.05, 4.69) is 6.92 Å². The van der Waals surface area contributed by atoms with E-state index in [0.717, 1.165) is 24.9 Å². The van der Waals surface area contributed by atoms with Crippen molar-refractivity contribution in [1.29, 1.82) is 0 Å². The van der Waals surface area contributed by atoms with E-state index in [4.69, 9.17) is 5.73 Å². The van der Waals surface area contributed by atoms with Gasteiger partial charge in [-0.3, -0.25) is 4.79 Å². The fourth-order valence-electron chi connectivity index (χ4n) is 2.80. The first kappa shape index (κ1) is 17.0. The molecule has 112 valence electrons. The van der Waals surface area contributed by atoms with Crippen LogP contribution in [-0.4, -0.2) is 23.4 Å². The first-order valence-electron chi connectivity index (χ1n) is 7.22. The largest absolute Gasteiger partial charge is 0.340 e. The summed E-state index contributed by atoms with van der Waals surface area (Å²) in [7, 11) is 0. The van der Waals surface area contributed by atoms with E-state index in [9.17, 15) is 4.79 Å². The molecule has 0 spiro atoms. The van der Waals surface area contributed by atoms with Crippen LogP contribution in [0.5, 0.6) is 0 Å². The Bertz CT molecular complexity index is 424. The number of halogens is 1. The van der Waals surface area contributed by atoms with Crippen LogP contribution in [0.2, 0.25) is 0 Å². The van der Waals surface area contributed by atoms with Crippen LogP contribution in [-0.2, 0) is 4.79 Å². The van der Waals surface area contributed by atoms with Crippen molar-refractivity contribution in [2.45, 2.75) is 45.2 Å². The number of nitrogens with two attached hydrogens (primary N) is 1. The average molecular weight is 297 g/mol. The number of carbonyl (C=O) groups is 1. The minimum atomic E-state index is -0.220. The van der Waals surface area contributed by atoms with Crippen LogP contribution in [0.3, 0.4) is 0 Å². The fourth-order valence-corrected chi connectivity index (χ4v) is 2.80. The number of nitrogens with zero attached hydrogens (tertiary/aromatic N) is 1. The van der Waals surface area contributed by atoms with Gasteiger partial charge in [0, 0.05) is 18.6 Å². The molecule has 0 aliphatic carbocycles. The van der Waals surface area contributed by atoms with Crippen molar-refractivity contribution >= 4 is 18.3 Å². The number of amides is 1. The lowest BCUT2D eigenvalue weighted by atomic mass is 9.92. The second kappa shape index (κ2) is 7.65. The minimum Gasteiger partial charge on any atom is -0.340 e. The smallest absolute Gasteiger partial charge is 0.227 e. The molecule has 0 radical (unpaired) electrons. The molecule has 3 unspecified atom stereocenters. The van der Waals surface area contributed by atoms with E-state index in [0.29, 0.717) is 6.04 Å². The van der Waals surface area contributed by atoms with E-state index in [1.165, 1.54) is 6.42 Å². The van der Waals surface area contributed by atoms with Crippen molar-refractivity contribution in [2.24, 2.45) is 11.7 Å². The van der Waals surface area contributed by atoms with Crippen molar-refractivity contribution < 1.29 is 4.79 Å². The van der Waals surface area contributed by atoms with Gasteiger partial charge in [-0.1, -0.05) is 37.3 Å². The standard InChI is InChI=1S/C16H24N2O.ClH/c1-12-8-6-7-11-18(12)16(19)13(2)15(17)14-9-4-3-5-10-14;/h3-5,9-10,12-13,15H,6-8,11,17H2,1-2H3;1H. The molecule has 1 aliphatic rings. The number of hydrogen-bond acceptors (Lipinski definition) is 2. The minimum absolute atomic E-state index is 0. The monoisotopic (exact) mass is 296 g/mol. The third-order valence-electron chi connectivity index (χ3n) is 4.20. The highest BCUT2D eigenvalue weighted by atomic mass is 35.5. The first-order valence-corrected chi connectivity index (χ1v) is 7.22. The van der Waals surface area contributed by atoms with Crippen molar-refractivity contribution in [3.8, 4) is 0 Å². The fraction of sp³-hybridized carbons (Fsp3) is 0.562. The Kier molecular flexibility index (Phi) is 6.50. The van der Waals surface area contributed by atoms with Gasteiger partial charge in [-0.15, -0.1) is 12.4 Å². The Morgan fingerprint density at radius 3 is 2.55 bits per heavy atom. The molecule has 2 rings (SSSR count). The van der Waals surface area contributed by atoms with Gasteiger partial charge < -0.3 is 10.6 Å². The Labute approximate surface area is 127 Å². The number of piperidine rings is 1. The van der Waals surface area contributed by atoms with Gasteiger partial charge in [0.25, 0.3) is 0 Å². The summed E-state index contributed by atoms with van der Waals surface area (Å²) in [4.78, 5) is 14.6. The summed E-state index contributed by atoms with van der Waals surface area (Å²) < 4.78 is 0.